The first-order valence-corrected chi connectivity index (χ1v) is 9.30. The van der Waals surface area contributed by atoms with Crippen molar-refractivity contribution in [3.63, 3.8) is 0 Å². The summed E-state index contributed by atoms with van der Waals surface area (Å²) in [6.07, 6.45) is 3.37. The van der Waals surface area contributed by atoms with Crippen LogP contribution in [-0.2, 0) is 0 Å². The van der Waals surface area contributed by atoms with Crippen LogP contribution in [0.1, 0.15) is 5.56 Å². The smallest absolute Gasteiger partial charge is 0.147 e. The lowest BCUT2D eigenvalue weighted by Gasteiger charge is -2.37. The van der Waals surface area contributed by atoms with E-state index in [1.165, 1.54) is 6.07 Å². The minimum absolute atomic E-state index is 0.0643. The van der Waals surface area contributed by atoms with Crippen LogP contribution in [0.5, 0.6) is 0 Å². The number of halogens is 2. The standard InChI is InChI=1S/C21H17ClFN5/c22-17-11-15(5-6-18(17)23)19-13-25-14-21(26-19)28-9-7-27(8-10-28)20-4-2-1-3-16(20)12-24/h1-6,11,13-14H,7-10H2. The lowest BCUT2D eigenvalue weighted by atomic mass is 10.1. The first kappa shape index (κ1) is 18.2. The van der Waals surface area contributed by atoms with E-state index in [1.54, 1.807) is 24.5 Å². The van der Waals surface area contributed by atoms with Crippen LogP contribution in [0.25, 0.3) is 11.3 Å². The highest BCUT2D eigenvalue weighted by Crippen LogP contribution is 2.26. The van der Waals surface area contributed by atoms with Crippen molar-refractivity contribution in [3.05, 3.63) is 71.3 Å². The summed E-state index contributed by atoms with van der Waals surface area (Å²) in [5, 5.41) is 9.38. The number of aromatic nitrogens is 2. The predicted octanol–water partition coefficient (Wildman–Crippen LogP) is 4.13. The van der Waals surface area contributed by atoms with Crippen LogP contribution < -0.4 is 9.80 Å². The summed E-state index contributed by atoms with van der Waals surface area (Å²) in [5.41, 5.74) is 3.02. The zero-order valence-electron chi connectivity index (χ0n) is 15.0. The average molecular weight is 394 g/mol. The van der Waals surface area contributed by atoms with Gasteiger partial charge in [0.1, 0.15) is 17.7 Å². The van der Waals surface area contributed by atoms with Crippen LogP contribution in [0.2, 0.25) is 5.02 Å². The molecule has 0 radical (unpaired) electrons. The number of nitrogens with zero attached hydrogens (tertiary/aromatic N) is 5. The number of rotatable bonds is 3. The van der Waals surface area contributed by atoms with E-state index in [1.807, 2.05) is 24.3 Å². The second kappa shape index (κ2) is 7.83. The molecule has 1 saturated heterocycles. The number of anilines is 2. The molecular weight excluding hydrogens is 377 g/mol. The average Bonchev–Trinajstić information content (AvgIpc) is 2.76. The lowest BCUT2D eigenvalue weighted by Crippen LogP contribution is -2.47. The van der Waals surface area contributed by atoms with Crippen molar-refractivity contribution >= 4 is 23.1 Å². The van der Waals surface area contributed by atoms with Gasteiger partial charge in [-0.15, -0.1) is 0 Å². The second-order valence-electron chi connectivity index (χ2n) is 6.49. The Morgan fingerprint density at radius 2 is 1.75 bits per heavy atom. The normalized spacial score (nSPS) is 14.0. The Morgan fingerprint density at radius 1 is 1.00 bits per heavy atom. The summed E-state index contributed by atoms with van der Waals surface area (Å²) in [6, 6.07) is 14.4. The van der Waals surface area contributed by atoms with Gasteiger partial charge in [-0.25, -0.2) is 9.37 Å². The van der Waals surface area contributed by atoms with Gasteiger partial charge in [0.25, 0.3) is 0 Å². The van der Waals surface area contributed by atoms with E-state index in [4.69, 9.17) is 11.6 Å². The minimum Gasteiger partial charge on any atom is -0.367 e. The van der Waals surface area contributed by atoms with Gasteiger partial charge in [-0.2, -0.15) is 5.26 Å². The molecule has 1 aliphatic rings. The third kappa shape index (κ3) is 3.62. The summed E-state index contributed by atoms with van der Waals surface area (Å²) < 4.78 is 13.4. The molecule has 0 N–H and O–H groups in total. The molecule has 0 amide bonds. The molecule has 0 atom stereocenters. The number of nitriles is 1. The quantitative estimate of drug-likeness (QED) is 0.669. The Morgan fingerprint density at radius 3 is 2.50 bits per heavy atom. The minimum atomic E-state index is -0.455. The van der Waals surface area contributed by atoms with Gasteiger partial charge in [-0.05, 0) is 30.3 Å². The van der Waals surface area contributed by atoms with Crippen molar-refractivity contribution in [1.29, 1.82) is 5.26 Å². The largest absolute Gasteiger partial charge is 0.367 e. The van der Waals surface area contributed by atoms with Crippen molar-refractivity contribution < 1.29 is 4.39 Å². The maximum atomic E-state index is 13.4. The maximum absolute atomic E-state index is 13.4. The molecule has 5 nitrogen and oxygen atoms in total. The number of hydrogen-bond acceptors (Lipinski definition) is 5. The molecule has 0 saturated carbocycles. The summed E-state index contributed by atoms with van der Waals surface area (Å²) in [4.78, 5) is 13.3. The molecule has 3 aromatic rings. The number of hydrogen-bond donors (Lipinski definition) is 0. The van der Waals surface area contributed by atoms with Gasteiger partial charge in [-0.1, -0.05) is 23.7 Å². The Labute approximate surface area is 167 Å². The fourth-order valence-electron chi connectivity index (χ4n) is 3.32. The van der Waals surface area contributed by atoms with Crippen LogP contribution in [0.15, 0.2) is 54.9 Å². The van der Waals surface area contributed by atoms with Crippen molar-refractivity contribution in [3.8, 4) is 17.3 Å². The topological polar surface area (TPSA) is 56.1 Å². The molecule has 0 spiro atoms. The van der Waals surface area contributed by atoms with Crippen molar-refractivity contribution in [2.24, 2.45) is 0 Å². The molecule has 0 bridgehead atoms. The van der Waals surface area contributed by atoms with Crippen LogP contribution in [0.3, 0.4) is 0 Å². The Bertz CT molecular complexity index is 1040. The van der Waals surface area contributed by atoms with E-state index >= 15 is 0 Å². The molecular formula is C21H17ClFN5. The van der Waals surface area contributed by atoms with Gasteiger partial charge in [-0.3, -0.25) is 4.98 Å². The molecule has 2 heterocycles. The van der Waals surface area contributed by atoms with Gasteiger partial charge in [0.2, 0.25) is 0 Å². The van der Waals surface area contributed by atoms with Crippen molar-refractivity contribution in [2.75, 3.05) is 36.0 Å². The van der Waals surface area contributed by atoms with Gasteiger partial charge < -0.3 is 9.80 Å². The summed E-state index contributed by atoms with van der Waals surface area (Å²) in [6.45, 7) is 3.10. The van der Waals surface area contributed by atoms with Gasteiger partial charge in [0.05, 0.1) is 34.4 Å². The molecule has 1 aromatic heterocycles. The first-order valence-electron chi connectivity index (χ1n) is 8.92. The summed E-state index contributed by atoms with van der Waals surface area (Å²) in [7, 11) is 0. The highest BCUT2D eigenvalue weighted by molar-refractivity contribution is 6.31. The van der Waals surface area contributed by atoms with Gasteiger partial charge in [0, 0.05) is 31.7 Å². The van der Waals surface area contributed by atoms with E-state index in [-0.39, 0.29) is 5.02 Å². The third-order valence-corrected chi connectivity index (χ3v) is 5.10. The predicted molar refractivity (Wildman–Crippen MR) is 108 cm³/mol. The SMILES string of the molecule is N#Cc1ccccc1N1CCN(c2cncc(-c3ccc(F)c(Cl)c3)n2)CC1. The molecule has 0 aliphatic carbocycles. The molecule has 28 heavy (non-hydrogen) atoms. The van der Waals surface area contributed by atoms with Crippen LogP contribution >= 0.6 is 11.6 Å². The third-order valence-electron chi connectivity index (χ3n) is 4.81. The van der Waals surface area contributed by atoms with Crippen molar-refractivity contribution in [1.82, 2.24) is 9.97 Å². The Hall–Kier alpha value is -3.17. The molecule has 1 aliphatic heterocycles. The van der Waals surface area contributed by atoms with E-state index in [0.29, 0.717) is 11.3 Å². The van der Waals surface area contributed by atoms with Crippen LogP contribution in [-0.4, -0.2) is 36.1 Å². The molecule has 7 heteroatoms. The second-order valence-corrected chi connectivity index (χ2v) is 6.90. The fraction of sp³-hybridized carbons (Fsp3) is 0.190. The maximum Gasteiger partial charge on any atom is 0.147 e. The number of benzene rings is 2. The molecule has 4 rings (SSSR count). The van der Waals surface area contributed by atoms with Crippen LogP contribution in [0, 0.1) is 17.1 Å². The van der Waals surface area contributed by atoms with E-state index in [9.17, 15) is 9.65 Å². The highest BCUT2D eigenvalue weighted by Gasteiger charge is 2.20. The summed E-state index contributed by atoms with van der Waals surface area (Å²) in [5.74, 6) is 0.314. The molecule has 2 aromatic carbocycles. The monoisotopic (exact) mass is 393 g/mol. The van der Waals surface area contributed by atoms with E-state index in [2.05, 4.69) is 25.8 Å². The van der Waals surface area contributed by atoms with Crippen molar-refractivity contribution in [2.45, 2.75) is 0 Å². The van der Waals surface area contributed by atoms with E-state index in [0.717, 1.165) is 43.2 Å². The summed E-state index contributed by atoms with van der Waals surface area (Å²) >= 11 is 5.89. The number of piperazine rings is 1. The lowest BCUT2D eigenvalue weighted by molar-refractivity contribution is 0.628. The van der Waals surface area contributed by atoms with Gasteiger partial charge in [0.15, 0.2) is 0 Å². The van der Waals surface area contributed by atoms with E-state index < -0.39 is 5.82 Å². The molecule has 0 unspecified atom stereocenters. The molecule has 1 fully saturated rings. The Kier molecular flexibility index (Phi) is 5.09. The van der Waals surface area contributed by atoms with Gasteiger partial charge >= 0.3 is 0 Å². The van der Waals surface area contributed by atoms with Crippen LogP contribution in [0.4, 0.5) is 15.9 Å². The fourth-order valence-corrected chi connectivity index (χ4v) is 3.50. The first-order chi connectivity index (χ1) is 13.7. The Balaban J connectivity index is 1.51. The number of para-hydroxylation sites is 1. The zero-order chi connectivity index (χ0) is 19.5. The zero-order valence-corrected chi connectivity index (χ0v) is 15.8. The molecule has 140 valence electrons. The highest BCUT2D eigenvalue weighted by atomic mass is 35.5.